The maximum absolute atomic E-state index is 13.3. The molecule has 0 bridgehead atoms. The Morgan fingerprint density at radius 2 is 1.18 bits per heavy atom. The van der Waals surface area contributed by atoms with Gasteiger partial charge in [-0.1, -0.05) is 12.1 Å². The highest BCUT2D eigenvalue weighted by Crippen LogP contribution is 2.40. The van der Waals surface area contributed by atoms with Crippen LogP contribution < -0.4 is 31.6 Å². The third-order valence-electron chi connectivity index (χ3n) is 16.8. The zero-order chi connectivity index (χ0) is 60.7. The number of aromatic nitrogens is 16. The average molecular weight is 1180 g/mol. The molecule has 12 heterocycles. The predicted octanol–water partition coefficient (Wildman–Crippen LogP) is 8.18. The summed E-state index contributed by atoms with van der Waals surface area (Å²) >= 11 is 0. The first kappa shape index (κ1) is 56.5. The van der Waals surface area contributed by atoms with Crippen molar-refractivity contribution in [2.45, 2.75) is 64.7 Å². The normalized spacial score (nSPS) is 14.4. The van der Waals surface area contributed by atoms with Crippen LogP contribution in [0, 0.1) is 13.8 Å². The smallest absolute Gasteiger partial charge is 0.272 e. The fraction of sp³-hybridized carbons (Fsp3) is 0.290. The molecule has 2 aliphatic rings. The molecule has 0 radical (unpaired) electrons. The number of hydrogen-bond acceptors (Lipinski definition) is 18. The molecule has 2 aromatic carbocycles. The second-order valence-electron chi connectivity index (χ2n) is 22.3. The molecule has 88 heavy (non-hydrogen) atoms. The van der Waals surface area contributed by atoms with E-state index >= 15 is 0 Å². The van der Waals surface area contributed by atoms with E-state index in [4.69, 9.17) is 31.1 Å². The maximum Gasteiger partial charge on any atom is 0.272 e. The van der Waals surface area contributed by atoms with Crippen molar-refractivity contribution in [1.29, 1.82) is 0 Å². The van der Waals surface area contributed by atoms with Crippen LogP contribution in [0.2, 0.25) is 0 Å². The minimum atomic E-state index is -0.266. The van der Waals surface area contributed by atoms with E-state index in [1.54, 1.807) is 37.2 Å². The van der Waals surface area contributed by atoms with Gasteiger partial charge in [0.15, 0.2) is 11.3 Å². The molecule has 2 saturated heterocycles. The van der Waals surface area contributed by atoms with Crippen LogP contribution in [0.15, 0.2) is 110 Å². The van der Waals surface area contributed by atoms with E-state index in [0.29, 0.717) is 79.4 Å². The molecule has 0 atom stereocenters. The Hall–Kier alpha value is -10.6. The number of nitrogens with zero attached hydrogens (tertiary/aromatic N) is 16. The fourth-order valence-electron chi connectivity index (χ4n) is 12.1. The molecule has 2 aliphatic heterocycles. The third kappa shape index (κ3) is 10.8. The van der Waals surface area contributed by atoms with Crippen LogP contribution >= 0.6 is 0 Å². The molecule has 0 unspecified atom stereocenters. The van der Waals surface area contributed by atoms with Crippen LogP contribution in [0.5, 0.6) is 11.5 Å². The van der Waals surface area contributed by atoms with Crippen molar-refractivity contribution in [3.05, 3.63) is 144 Å². The number of carbonyl (C=O) groups excluding carboxylic acids is 2. The first-order chi connectivity index (χ1) is 42.8. The highest BCUT2D eigenvalue weighted by Gasteiger charge is 2.30. The summed E-state index contributed by atoms with van der Waals surface area (Å²) in [6.07, 6.45) is 13.9. The average Bonchev–Trinajstić information content (AvgIpc) is 2.25. The molecular formula is C62H66N22O4. The summed E-state index contributed by atoms with van der Waals surface area (Å²) in [7, 11) is 6.81. The van der Waals surface area contributed by atoms with Crippen LogP contribution in [0.3, 0.4) is 0 Å². The largest absolute Gasteiger partial charge is 0.495 e. The molecule has 0 saturated carbocycles. The van der Waals surface area contributed by atoms with E-state index in [1.165, 1.54) is 18.2 Å². The van der Waals surface area contributed by atoms with Gasteiger partial charge >= 0.3 is 0 Å². The van der Waals surface area contributed by atoms with Crippen LogP contribution in [0.4, 0.5) is 23.0 Å². The second-order valence-corrected chi connectivity index (χ2v) is 22.3. The Balaban J connectivity index is 0.000000162. The van der Waals surface area contributed by atoms with Gasteiger partial charge in [0.25, 0.3) is 11.8 Å². The number of benzene rings is 2. The molecule has 10 aromatic heterocycles. The minimum absolute atomic E-state index is 0.163. The lowest BCUT2D eigenvalue weighted by atomic mass is 10.0. The predicted molar refractivity (Wildman–Crippen MR) is 335 cm³/mol. The van der Waals surface area contributed by atoms with E-state index in [9.17, 15) is 9.59 Å². The van der Waals surface area contributed by atoms with Gasteiger partial charge in [0, 0.05) is 105 Å². The summed E-state index contributed by atoms with van der Waals surface area (Å²) in [6.45, 7) is 9.44. The zero-order valence-corrected chi connectivity index (χ0v) is 49.6. The summed E-state index contributed by atoms with van der Waals surface area (Å²) in [6, 6.07) is 22.6. The van der Waals surface area contributed by atoms with Gasteiger partial charge in [-0.15, -0.1) is 0 Å². The Kier molecular flexibility index (Phi) is 15.2. The quantitative estimate of drug-likeness (QED) is 0.0597. The molecule has 8 N–H and O–H groups in total. The monoisotopic (exact) mass is 1180 g/mol. The minimum Gasteiger partial charge on any atom is -0.495 e. The summed E-state index contributed by atoms with van der Waals surface area (Å²) in [5, 5.41) is 25.6. The number of aromatic amines is 2. The number of fused-ring (bicyclic) bond motifs is 4. The van der Waals surface area contributed by atoms with E-state index in [0.717, 1.165) is 115 Å². The Labute approximate surface area is 504 Å². The second kappa shape index (κ2) is 23.7. The molecule has 2 fully saturated rings. The first-order valence-corrected chi connectivity index (χ1v) is 29.0. The molecular weight excluding hydrogens is 1120 g/mol. The van der Waals surface area contributed by atoms with Gasteiger partial charge in [-0.3, -0.25) is 29.5 Å². The van der Waals surface area contributed by atoms with Gasteiger partial charge in [-0.2, -0.15) is 15.3 Å². The van der Waals surface area contributed by atoms with E-state index in [1.807, 2.05) is 114 Å². The van der Waals surface area contributed by atoms with Crippen molar-refractivity contribution >= 4 is 79.0 Å². The van der Waals surface area contributed by atoms with Gasteiger partial charge in [-0.05, 0) is 100 Å². The first-order valence-electron chi connectivity index (χ1n) is 29.0. The van der Waals surface area contributed by atoms with Gasteiger partial charge in [0.2, 0.25) is 0 Å². The number of amides is 2. The van der Waals surface area contributed by atoms with E-state index in [-0.39, 0.29) is 23.9 Å². The van der Waals surface area contributed by atoms with E-state index in [2.05, 4.69) is 77.4 Å². The molecule has 12 aromatic rings. The van der Waals surface area contributed by atoms with Gasteiger partial charge in [-0.25, -0.2) is 39.3 Å². The summed E-state index contributed by atoms with van der Waals surface area (Å²) in [4.78, 5) is 65.6. The number of anilines is 4. The number of nitrogen functional groups attached to an aromatic ring is 2. The number of likely N-dealkylation sites (tertiary alicyclic amines) is 2. The Morgan fingerprint density at radius 1 is 0.625 bits per heavy atom. The molecule has 448 valence electrons. The number of nitrogens with one attached hydrogen (secondary N) is 4. The number of imidazole rings is 1. The van der Waals surface area contributed by atoms with Crippen molar-refractivity contribution < 1.29 is 19.1 Å². The molecule has 0 spiro atoms. The van der Waals surface area contributed by atoms with Crippen molar-refractivity contribution in [3.63, 3.8) is 0 Å². The number of H-pyrrole nitrogens is 2. The van der Waals surface area contributed by atoms with E-state index < -0.39 is 0 Å². The molecule has 2 amide bonds. The highest BCUT2D eigenvalue weighted by atomic mass is 16.5. The van der Waals surface area contributed by atoms with Gasteiger partial charge in [0.1, 0.15) is 70.0 Å². The Bertz CT molecular complexity index is 4570. The number of ether oxygens (including phenoxy) is 2. The lowest BCUT2D eigenvalue weighted by molar-refractivity contribution is 0.101. The number of piperidine rings is 2. The molecule has 14 rings (SSSR count). The number of carbonyl (C=O) groups is 2. The number of methoxy groups -OCH3 is 2. The van der Waals surface area contributed by atoms with Crippen molar-refractivity contribution in [1.82, 2.24) is 88.6 Å². The standard InChI is InChI=1S/2C31H33N11O2/c1-18-21(15-36-38-18)16-41-11-8-22(9-12-41)42-30-26(28(32)34-17-35-30)27(39-42)19-6-7-23(25(14-19)44-3)37-31(43)24-13-20-5-4-10-33-29(20)40(24)2;1-18-34-15-20(37-18)16-41-11-8-21(9-12-41)42-30-27(29(32)35-17-36-30)28(39-42)19-6-7-22(26(13-19)44-3)38-31(43)25-14-23-24(40(25)2)5-4-10-33-23/h4-7,10,13-15,17,22H,8-9,11-12,16H2,1-3H3,(H,36,38)(H,37,43)(H2,32,34,35);4-7,10,13-15,17,21H,8-9,11-12,16H2,1-3H3,(H,34,37)(H,38,43)(H2,32,35,36). The zero-order valence-electron chi connectivity index (χ0n) is 49.6. The molecule has 26 nitrogen and oxygen atoms in total. The van der Waals surface area contributed by atoms with Crippen LogP contribution in [-0.4, -0.2) is 141 Å². The van der Waals surface area contributed by atoms with Crippen LogP contribution in [0.25, 0.3) is 66.6 Å². The van der Waals surface area contributed by atoms with Crippen molar-refractivity contribution in [3.8, 4) is 34.0 Å². The SMILES string of the molecule is COc1cc(-c2nn(C3CCN(Cc4cn[nH]c4C)CC3)c3ncnc(N)c23)ccc1NC(=O)c1cc2cccnc2n1C.COc1cc(-c2nn(C3CCN(Cc4cnc(C)[nH]4)CC3)c3ncnc(N)c23)ccc1NC(=O)c1cc2ncccc2n1C. The topological polar surface area (TPSA) is 315 Å². The van der Waals surface area contributed by atoms with Gasteiger partial charge in [0.05, 0.1) is 65.7 Å². The maximum atomic E-state index is 13.3. The molecule has 0 aliphatic carbocycles. The summed E-state index contributed by atoms with van der Waals surface area (Å²) in [5.74, 6) is 2.11. The lowest BCUT2D eigenvalue weighted by Gasteiger charge is -2.32. The number of hydrogen-bond donors (Lipinski definition) is 6. The number of rotatable bonds is 14. The number of aryl methyl sites for hydroxylation is 4. The lowest BCUT2D eigenvalue weighted by Crippen LogP contribution is -2.34. The van der Waals surface area contributed by atoms with Crippen molar-refractivity contribution in [2.75, 3.05) is 62.5 Å². The van der Waals surface area contributed by atoms with Gasteiger partial charge < -0.3 is 45.7 Å². The third-order valence-corrected chi connectivity index (χ3v) is 16.8. The van der Waals surface area contributed by atoms with Crippen LogP contribution in [-0.2, 0) is 27.2 Å². The Morgan fingerprint density at radius 3 is 1.70 bits per heavy atom. The fourth-order valence-corrected chi connectivity index (χ4v) is 12.1. The van der Waals surface area contributed by atoms with Crippen molar-refractivity contribution in [2.24, 2.45) is 14.1 Å². The number of pyridine rings is 2. The molecule has 26 heteroatoms. The summed E-state index contributed by atoms with van der Waals surface area (Å²) < 4.78 is 19.0. The highest BCUT2D eigenvalue weighted by molar-refractivity contribution is 6.08. The summed E-state index contributed by atoms with van der Waals surface area (Å²) in [5.41, 5.74) is 25.0. The van der Waals surface area contributed by atoms with Crippen LogP contribution in [0.1, 0.15) is 81.5 Å². The number of nitrogens with two attached hydrogens (primary N) is 2.